The number of ether oxygens (including phenoxy) is 1. The van der Waals surface area contributed by atoms with Gasteiger partial charge in [0.15, 0.2) is 0 Å². The number of hydrogen-bond acceptors (Lipinski definition) is 4. The maximum absolute atomic E-state index is 12.5. The molecule has 0 atom stereocenters. The fraction of sp³-hybridized carbons (Fsp3) is 0.400. The average molecular weight is 377 g/mol. The van der Waals surface area contributed by atoms with E-state index in [9.17, 15) is 8.42 Å². The lowest BCUT2D eigenvalue weighted by Crippen LogP contribution is -2.13. The van der Waals surface area contributed by atoms with Gasteiger partial charge < -0.3 is 10.1 Å². The Bertz CT molecular complexity index is 770. The van der Waals surface area contributed by atoms with Gasteiger partial charge in [-0.25, -0.2) is 8.42 Å². The van der Waals surface area contributed by atoms with Gasteiger partial charge in [0.1, 0.15) is 5.75 Å². The first-order valence-electron chi connectivity index (χ1n) is 9.04. The standard InChI is InChI=1S/C20H28N2O3S/c1-4-5-6-15-21-17-7-9-18(10-8-17)22-26(23,24)20-13-11-19(12-14-20)25-16(2)3/h7-14,16,21-22H,4-6,15H2,1-3H3. The van der Waals surface area contributed by atoms with Crippen LogP contribution in [0.4, 0.5) is 11.4 Å². The molecule has 2 rings (SSSR count). The molecule has 2 aromatic carbocycles. The molecule has 2 aromatic rings. The van der Waals surface area contributed by atoms with Crippen molar-refractivity contribution in [1.29, 1.82) is 0 Å². The molecule has 0 saturated heterocycles. The largest absolute Gasteiger partial charge is 0.491 e. The van der Waals surface area contributed by atoms with E-state index in [-0.39, 0.29) is 11.0 Å². The Morgan fingerprint density at radius 1 is 0.923 bits per heavy atom. The summed E-state index contributed by atoms with van der Waals surface area (Å²) in [4.78, 5) is 0.204. The van der Waals surface area contributed by atoms with Crippen LogP contribution in [0.1, 0.15) is 40.0 Å². The predicted octanol–water partition coefficient (Wildman–Crippen LogP) is 4.88. The number of anilines is 2. The van der Waals surface area contributed by atoms with Crippen molar-refractivity contribution in [3.8, 4) is 5.75 Å². The maximum Gasteiger partial charge on any atom is 0.261 e. The van der Waals surface area contributed by atoms with Crippen LogP contribution < -0.4 is 14.8 Å². The quantitative estimate of drug-likeness (QED) is 0.580. The van der Waals surface area contributed by atoms with Crippen LogP contribution in [0.25, 0.3) is 0 Å². The van der Waals surface area contributed by atoms with Crippen LogP contribution in [0.15, 0.2) is 53.4 Å². The summed E-state index contributed by atoms with van der Waals surface area (Å²) in [5, 5.41) is 3.33. The van der Waals surface area contributed by atoms with Crippen molar-refractivity contribution in [2.75, 3.05) is 16.6 Å². The fourth-order valence-electron chi connectivity index (χ4n) is 2.45. The van der Waals surface area contributed by atoms with Crippen LogP contribution in [0.5, 0.6) is 5.75 Å². The van der Waals surface area contributed by atoms with E-state index in [4.69, 9.17) is 4.74 Å². The third-order valence-electron chi connectivity index (χ3n) is 3.75. The Balaban J connectivity index is 1.97. The maximum atomic E-state index is 12.5. The minimum absolute atomic E-state index is 0.0460. The minimum Gasteiger partial charge on any atom is -0.491 e. The van der Waals surface area contributed by atoms with Gasteiger partial charge in [0.05, 0.1) is 11.0 Å². The lowest BCUT2D eigenvalue weighted by Gasteiger charge is -2.12. The van der Waals surface area contributed by atoms with Gasteiger partial charge >= 0.3 is 0 Å². The first-order chi connectivity index (χ1) is 12.4. The summed E-state index contributed by atoms with van der Waals surface area (Å²) in [6.45, 7) is 6.94. The second-order valence-electron chi connectivity index (χ2n) is 6.45. The molecule has 6 heteroatoms. The summed E-state index contributed by atoms with van der Waals surface area (Å²) in [5.41, 5.74) is 1.52. The van der Waals surface area contributed by atoms with Gasteiger partial charge in [0, 0.05) is 17.9 Å². The molecule has 0 aliphatic carbocycles. The highest BCUT2D eigenvalue weighted by atomic mass is 32.2. The molecule has 0 unspecified atom stereocenters. The molecule has 142 valence electrons. The highest BCUT2D eigenvalue weighted by Crippen LogP contribution is 2.21. The number of hydrogen-bond donors (Lipinski definition) is 2. The van der Waals surface area contributed by atoms with E-state index in [1.165, 1.54) is 12.8 Å². The SMILES string of the molecule is CCCCCNc1ccc(NS(=O)(=O)c2ccc(OC(C)C)cc2)cc1. The normalized spacial score (nSPS) is 11.4. The number of rotatable bonds is 10. The van der Waals surface area contributed by atoms with Crippen LogP contribution in [0.2, 0.25) is 0 Å². The molecule has 0 aliphatic heterocycles. The van der Waals surface area contributed by atoms with E-state index < -0.39 is 10.0 Å². The van der Waals surface area contributed by atoms with Gasteiger partial charge in [-0.05, 0) is 68.8 Å². The van der Waals surface area contributed by atoms with Crippen LogP contribution in [0, 0.1) is 0 Å². The van der Waals surface area contributed by atoms with Gasteiger partial charge in [-0.2, -0.15) is 0 Å². The van der Waals surface area contributed by atoms with E-state index in [1.54, 1.807) is 36.4 Å². The Morgan fingerprint density at radius 3 is 2.12 bits per heavy atom. The van der Waals surface area contributed by atoms with Gasteiger partial charge in [0.2, 0.25) is 0 Å². The van der Waals surface area contributed by atoms with Crippen molar-refractivity contribution in [3.05, 3.63) is 48.5 Å². The van der Waals surface area contributed by atoms with Gasteiger partial charge in [-0.1, -0.05) is 19.8 Å². The summed E-state index contributed by atoms with van der Waals surface area (Å²) in [5.74, 6) is 0.650. The van der Waals surface area contributed by atoms with Crippen LogP contribution in [-0.2, 0) is 10.0 Å². The zero-order chi connectivity index (χ0) is 19.0. The van der Waals surface area contributed by atoms with Crippen LogP contribution in [-0.4, -0.2) is 21.1 Å². The Kier molecular flexibility index (Phi) is 7.33. The zero-order valence-corrected chi connectivity index (χ0v) is 16.5. The lowest BCUT2D eigenvalue weighted by atomic mass is 10.2. The second-order valence-corrected chi connectivity index (χ2v) is 8.14. The Hall–Kier alpha value is -2.21. The molecule has 5 nitrogen and oxygen atoms in total. The molecule has 0 saturated carbocycles. The van der Waals surface area contributed by atoms with Crippen molar-refractivity contribution in [2.45, 2.75) is 51.0 Å². The van der Waals surface area contributed by atoms with Gasteiger partial charge in [-0.15, -0.1) is 0 Å². The monoisotopic (exact) mass is 376 g/mol. The average Bonchev–Trinajstić information content (AvgIpc) is 2.60. The first-order valence-corrected chi connectivity index (χ1v) is 10.5. The van der Waals surface area contributed by atoms with Gasteiger partial charge in [0.25, 0.3) is 10.0 Å². The number of benzene rings is 2. The summed E-state index contributed by atoms with van der Waals surface area (Å²) in [6, 6.07) is 13.7. The molecule has 0 radical (unpaired) electrons. The van der Waals surface area contributed by atoms with Crippen molar-refractivity contribution < 1.29 is 13.2 Å². The lowest BCUT2D eigenvalue weighted by molar-refractivity contribution is 0.242. The summed E-state index contributed by atoms with van der Waals surface area (Å²) >= 11 is 0. The van der Waals surface area contributed by atoms with Crippen molar-refractivity contribution >= 4 is 21.4 Å². The Morgan fingerprint density at radius 2 is 1.54 bits per heavy atom. The molecule has 0 amide bonds. The van der Waals surface area contributed by atoms with E-state index in [0.29, 0.717) is 11.4 Å². The van der Waals surface area contributed by atoms with E-state index in [0.717, 1.165) is 18.7 Å². The minimum atomic E-state index is -3.62. The van der Waals surface area contributed by atoms with Crippen molar-refractivity contribution in [3.63, 3.8) is 0 Å². The smallest absolute Gasteiger partial charge is 0.261 e. The first kappa shape index (κ1) is 20.1. The number of unbranched alkanes of at least 4 members (excludes halogenated alkanes) is 2. The summed E-state index contributed by atoms with van der Waals surface area (Å²) < 4.78 is 33.1. The molecular weight excluding hydrogens is 348 g/mol. The van der Waals surface area contributed by atoms with Crippen molar-refractivity contribution in [1.82, 2.24) is 0 Å². The van der Waals surface area contributed by atoms with Gasteiger partial charge in [-0.3, -0.25) is 4.72 Å². The van der Waals surface area contributed by atoms with E-state index >= 15 is 0 Å². The molecule has 0 heterocycles. The molecule has 0 spiro atoms. The third-order valence-corrected chi connectivity index (χ3v) is 5.15. The highest BCUT2D eigenvalue weighted by Gasteiger charge is 2.14. The van der Waals surface area contributed by atoms with Crippen LogP contribution in [0.3, 0.4) is 0 Å². The fourth-order valence-corrected chi connectivity index (χ4v) is 3.51. The summed E-state index contributed by atoms with van der Waals surface area (Å²) in [6.07, 6.45) is 3.56. The second kappa shape index (κ2) is 9.48. The molecule has 2 N–H and O–H groups in total. The molecule has 26 heavy (non-hydrogen) atoms. The van der Waals surface area contributed by atoms with Crippen molar-refractivity contribution in [2.24, 2.45) is 0 Å². The molecular formula is C20H28N2O3S. The Labute approximate surface area is 156 Å². The van der Waals surface area contributed by atoms with E-state index in [2.05, 4.69) is 17.0 Å². The number of nitrogens with one attached hydrogen (secondary N) is 2. The highest BCUT2D eigenvalue weighted by molar-refractivity contribution is 7.92. The molecule has 0 aliphatic rings. The molecule has 0 fully saturated rings. The topological polar surface area (TPSA) is 67.4 Å². The van der Waals surface area contributed by atoms with E-state index in [1.807, 2.05) is 26.0 Å². The summed E-state index contributed by atoms with van der Waals surface area (Å²) in [7, 11) is -3.62. The zero-order valence-electron chi connectivity index (χ0n) is 15.7. The molecule has 0 bridgehead atoms. The number of sulfonamides is 1. The predicted molar refractivity (Wildman–Crippen MR) is 107 cm³/mol. The molecule has 0 aromatic heterocycles. The third kappa shape index (κ3) is 6.26. The van der Waals surface area contributed by atoms with Crippen LogP contribution >= 0.6 is 0 Å².